The van der Waals surface area contributed by atoms with Crippen LogP contribution in [0.3, 0.4) is 0 Å². The van der Waals surface area contributed by atoms with E-state index >= 15 is 0 Å². The molecule has 1 aliphatic heterocycles. The number of rotatable bonds is 2. The smallest absolute Gasteiger partial charge is 0.416 e. The van der Waals surface area contributed by atoms with Crippen LogP contribution in [0, 0.1) is 0 Å². The Morgan fingerprint density at radius 3 is 2.11 bits per heavy atom. The van der Waals surface area contributed by atoms with Crippen LogP contribution in [0.1, 0.15) is 39.2 Å². The topological polar surface area (TPSA) is 70.7 Å². The lowest BCUT2D eigenvalue weighted by Crippen LogP contribution is -2.48. The molecule has 1 aliphatic rings. The summed E-state index contributed by atoms with van der Waals surface area (Å²) in [6.07, 6.45) is -3.76. The van der Waals surface area contributed by atoms with Gasteiger partial charge in [0.2, 0.25) is 0 Å². The maximum Gasteiger partial charge on any atom is 0.416 e. The van der Waals surface area contributed by atoms with E-state index in [0.29, 0.717) is 31.6 Å². The number of hydrogen-bond acceptors (Lipinski definition) is 3. The van der Waals surface area contributed by atoms with E-state index in [1.165, 1.54) is 12.1 Å². The molecule has 1 aromatic rings. The van der Waals surface area contributed by atoms with E-state index < -0.39 is 23.4 Å². The highest BCUT2D eigenvalue weighted by molar-refractivity contribution is 5.89. The number of piperidine rings is 1. The molecule has 27 heavy (non-hydrogen) atoms. The first kappa shape index (κ1) is 20.9. The van der Waals surface area contributed by atoms with Crippen LogP contribution in [0.15, 0.2) is 24.3 Å². The number of alkyl carbamates (subject to hydrolysis) is 1. The summed E-state index contributed by atoms with van der Waals surface area (Å²) >= 11 is 0. The van der Waals surface area contributed by atoms with Crippen LogP contribution < -0.4 is 10.6 Å². The summed E-state index contributed by atoms with van der Waals surface area (Å²) in [5.41, 5.74) is -1.05. The van der Waals surface area contributed by atoms with Crippen molar-refractivity contribution in [2.45, 2.75) is 51.4 Å². The Labute approximate surface area is 156 Å². The summed E-state index contributed by atoms with van der Waals surface area (Å²) in [5, 5.41) is 5.36. The lowest BCUT2D eigenvalue weighted by molar-refractivity contribution is -0.137. The molecule has 0 spiro atoms. The minimum atomic E-state index is -4.41. The summed E-state index contributed by atoms with van der Waals surface area (Å²) in [6.45, 7) is 6.18. The van der Waals surface area contributed by atoms with Crippen molar-refractivity contribution in [3.63, 3.8) is 0 Å². The monoisotopic (exact) mass is 387 g/mol. The molecule has 0 unspecified atom stereocenters. The zero-order chi connectivity index (χ0) is 20.2. The molecule has 1 fully saturated rings. The fourth-order valence-corrected chi connectivity index (χ4v) is 2.65. The van der Waals surface area contributed by atoms with Gasteiger partial charge in [0.1, 0.15) is 5.60 Å². The van der Waals surface area contributed by atoms with Crippen molar-refractivity contribution in [1.29, 1.82) is 0 Å². The molecule has 1 aromatic carbocycles. The first-order valence-electron chi connectivity index (χ1n) is 8.67. The number of alkyl halides is 3. The average molecular weight is 387 g/mol. The van der Waals surface area contributed by atoms with Gasteiger partial charge in [-0.25, -0.2) is 9.59 Å². The molecule has 2 rings (SSSR count). The number of benzene rings is 1. The van der Waals surface area contributed by atoms with Gasteiger partial charge in [0.15, 0.2) is 0 Å². The van der Waals surface area contributed by atoms with Gasteiger partial charge in [0.25, 0.3) is 0 Å². The third-order valence-electron chi connectivity index (χ3n) is 3.97. The number of nitrogens with one attached hydrogen (secondary N) is 2. The van der Waals surface area contributed by atoms with Crippen LogP contribution in [0.4, 0.5) is 28.4 Å². The summed E-state index contributed by atoms with van der Waals surface area (Å²) in [4.78, 5) is 25.6. The maximum absolute atomic E-state index is 12.6. The zero-order valence-electron chi connectivity index (χ0n) is 15.5. The third kappa shape index (κ3) is 6.65. The molecule has 0 aliphatic carbocycles. The molecule has 150 valence electrons. The van der Waals surface area contributed by atoms with Crippen LogP contribution in [0.2, 0.25) is 0 Å². The van der Waals surface area contributed by atoms with Crippen molar-refractivity contribution in [2.24, 2.45) is 0 Å². The summed E-state index contributed by atoms with van der Waals surface area (Å²) in [6, 6.07) is 3.81. The molecule has 0 saturated carbocycles. The van der Waals surface area contributed by atoms with Crippen molar-refractivity contribution in [3.8, 4) is 0 Å². The molecule has 0 radical (unpaired) electrons. The molecule has 6 nitrogen and oxygen atoms in total. The number of ether oxygens (including phenoxy) is 1. The molecular weight excluding hydrogens is 363 g/mol. The van der Waals surface area contributed by atoms with E-state index in [4.69, 9.17) is 4.74 Å². The van der Waals surface area contributed by atoms with Crippen molar-refractivity contribution >= 4 is 17.8 Å². The number of likely N-dealkylation sites (tertiary alicyclic amines) is 1. The SMILES string of the molecule is CC(C)(C)OC(=O)NC1CCN(C(=O)Nc2ccc(C(F)(F)F)cc2)CC1. The normalized spacial score (nSPS) is 16.0. The third-order valence-corrected chi connectivity index (χ3v) is 3.97. The van der Waals surface area contributed by atoms with Crippen LogP contribution in [0.5, 0.6) is 0 Å². The van der Waals surface area contributed by atoms with Gasteiger partial charge in [0.05, 0.1) is 5.56 Å². The maximum atomic E-state index is 12.6. The quantitative estimate of drug-likeness (QED) is 0.798. The van der Waals surface area contributed by atoms with Crippen LogP contribution in [0.25, 0.3) is 0 Å². The predicted octanol–water partition coefficient (Wildman–Crippen LogP) is 4.23. The molecular formula is C18H24F3N3O3. The molecule has 0 atom stereocenters. The molecule has 9 heteroatoms. The second kappa shape index (κ2) is 8.06. The standard InChI is InChI=1S/C18H24F3N3O3/c1-17(2,3)27-16(26)23-14-8-10-24(11-9-14)15(25)22-13-6-4-12(5-7-13)18(19,20)21/h4-7,14H,8-11H2,1-3H3,(H,22,25)(H,23,26). The Kier molecular flexibility index (Phi) is 6.22. The van der Waals surface area contributed by atoms with Gasteiger partial charge in [-0.15, -0.1) is 0 Å². The molecule has 0 aromatic heterocycles. The van der Waals surface area contributed by atoms with E-state index in [0.717, 1.165) is 12.1 Å². The minimum Gasteiger partial charge on any atom is -0.444 e. The Morgan fingerprint density at radius 1 is 1.07 bits per heavy atom. The van der Waals surface area contributed by atoms with Crippen molar-refractivity contribution in [3.05, 3.63) is 29.8 Å². The van der Waals surface area contributed by atoms with Gasteiger partial charge < -0.3 is 20.3 Å². The number of carbonyl (C=O) groups excluding carboxylic acids is 2. The number of hydrogen-bond donors (Lipinski definition) is 2. The Balaban J connectivity index is 1.80. The zero-order valence-corrected chi connectivity index (χ0v) is 15.5. The highest BCUT2D eigenvalue weighted by atomic mass is 19.4. The lowest BCUT2D eigenvalue weighted by Gasteiger charge is -2.32. The van der Waals surface area contributed by atoms with Crippen molar-refractivity contribution in [2.75, 3.05) is 18.4 Å². The highest BCUT2D eigenvalue weighted by Gasteiger charge is 2.30. The van der Waals surface area contributed by atoms with Crippen molar-refractivity contribution in [1.82, 2.24) is 10.2 Å². The number of carbonyl (C=O) groups is 2. The van der Waals surface area contributed by atoms with Gasteiger partial charge in [-0.1, -0.05) is 0 Å². The predicted molar refractivity (Wildman–Crippen MR) is 94.4 cm³/mol. The van der Waals surface area contributed by atoms with Gasteiger partial charge in [-0.3, -0.25) is 0 Å². The fourth-order valence-electron chi connectivity index (χ4n) is 2.65. The van der Waals surface area contributed by atoms with Gasteiger partial charge >= 0.3 is 18.3 Å². The van der Waals surface area contributed by atoms with E-state index in [9.17, 15) is 22.8 Å². The summed E-state index contributed by atoms with van der Waals surface area (Å²) < 4.78 is 42.9. The fraction of sp³-hybridized carbons (Fsp3) is 0.556. The molecule has 0 bridgehead atoms. The Hall–Kier alpha value is -2.45. The molecule has 2 N–H and O–H groups in total. The number of urea groups is 1. The second-order valence-corrected chi connectivity index (χ2v) is 7.41. The first-order valence-corrected chi connectivity index (χ1v) is 8.67. The van der Waals surface area contributed by atoms with Crippen LogP contribution >= 0.6 is 0 Å². The lowest BCUT2D eigenvalue weighted by atomic mass is 10.1. The van der Waals surface area contributed by atoms with E-state index in [2.05, 4.69) is 10.6 Å². The minimum absolute atomic E-state index is 0.0880. The number of nitrogens with zero attached hydrogens (tertiary/aromatic N) is 1. The molecule has 3 amide bonds. The molecule has 1 heterocycles. The number of halogens is 3. The van der Waals surface area contributed by atoms with Crippen LogP contribution in [-0.2, 0) is 10.9 Å². The average Bonchev–Trinajstić information content (AvgIpc) is 2.53. The van der Waals surface area contributed by atoms with Gasteiger partial charge in [0, 0.05) is 24.8 Å². The van der Waals surface area contributed by atoms with E-state index in [1.54, 1.807) is 25.7 Å². The Bertz CT molecular complexity index is 661. The molecule has 1 saturated heterocycles. The largest absolute Gasteiger partial charge is 0.444 e. The highest BCUT2D eigenvalue weighted by Crippen LogP contribution is 2.29. The number of amides is 3. The first-order chi connectivity index (χ1) is 12.4. The summed E-state index contributed by atoms with van der Waals surface area (Å²) in [5.74, 6) is 0. The van der Waals surface area contributed by atoms with Gasteiger partial charge in [-0.2, -0.15) is 13.2 Å². The van der Waals surface area contributed by atoms with Crippen LogP contribution in [-0.4, -0.2) is 41.8 Å². The van der Waals surface area contributed by atoms with E-state index in [1.807, 2.05) is 0 Å². The second-order valence-electron chi connectivity index (χ2n) is 7.41. The Morgan fingerprint density at radius 2 is 1.63 bits per heavy atom. The number of anilines is 1. The van der Waals surface area contributed by atoms with Gasteiger partial charge in [-0.05, 0) is 57.9 Å². The van der Waals surface area contributed by atoms with E-state index in [-0.39, 0.29) is 12.1 Å². The van der Waals surface area contributed by atoms with Crippen molar-refractivity contribution < 1.29 is 27.5 Å². The summed E-state index contributed by atoms with van der Waals surface area (Å²) in [7, 11) is 0.